The molecule has 3 aliphatic rings. The second-order valence-corrected chi connectivity index (χ2v) is 8.95. The summed E-state index contributed by atoms with van der Waals surface area (Å²) in [5.41, 5.74) is 4.52. The number of carbonyl (C=O) groups excluding carboxylic acids is 1. The Hall–Kier alpha value is -2.63. The molecule has 29 heavy (non-hydrogen) atoms. The van der Waals surface area contributed by atoms with Gasteiger partial charge in [0, 0.05) is 74.6 Å². The molecule has 6 nitrogen and oxygen atoms in total. The van der Waals surface area contributed by atoms with Crippen LogP contribution in [0.3, 0.4) is 0 Å². The van der Waals surface area contributed by atoms with E-state index in [1.807, 2.05) is 50.2 Å². The van der Waals surface area contributed by atoms with E-state index >= 15 is 0 Å². The molecule has 1 aromatic heterocycles. The van der Waals surface area contributed by atoms with Gasteiger partial charge in [0.25, 0.3) is 5.91 Å². The maximum Gasteiger partial charge on any atom is 0.253 e. The summed E-state index contributed by atoms with van der Waals surface area (Å²) in [6, 6.07) is 7.93. The first kappa shape index (κ1) is 18.4. The molecule has 2 aromatic rings. The Morgan fingerprint density at radius 2 is 1.69 bits per heavy atom. The number of hydrogen-bond donors (Lipinski definition) is 0. The fraction of sp³-hybridized carbons (Fsp3) is 0.522. The second kappa shape index (κ2) is 7.01. The first-order chi connectivity index (χ1) is 14.0. The zero-order chi connectivity index (χ0) is 20.1. The highest BCUT2D eigenvalue weighted by atomic mass is 16.2. The normalized spacial score (nSPS) is 22.7. The highest BCUT2D eigenvalue weighted by molar-refractivity contribution is 5.94. The van der Waals surface area contributed by atoms with E-state index in [1.165, 1.54) is 17.7 Å². The molecule has 6 heteroatoms. The van der Waals surface area contributed by atoms with Gasteiger partial charge in [-0.05, 0) is 50.5 Å². The van der Waals surface area contributed by atoms with E-state index in [9.17, 15) is 4.79 Å². The van der Waals surface area contributed by atoms with Crippen molar-refractivity contribution in [2.24, 2.45) is 11.8 Å². The number of carbonyl (C=O) groups is 1. The molecule has 1 aliphatic carbocycles. The molecular formula is C23H29N5O. The van der Waals surface area contributed by atoms with Gasteiger partial charge in [-0.25, -0.2) is 9.97 Å². The molecule has 2 saturated heterocycles. The van der Waals surface area contributed by atoms with Crippen LogP contribution < -0.4 is 9.80 Å². The predicted molar refractivity (Wildman–Crippen MR) is 115 cm³/mol. The largest absolute Gasteiger partial charge is 0.378 e. The van der Waals surface area contributed by atoms with Crippen molar-refractivity contribution in [2.45, 2.75) is 26.2 Å². The minimum absolute atomic E-state index is 0.162. The van der Waals surface area contributed by atoms with Gasteiger partial charge in [0.1, 0.15) is 11.6 Å². The van der Waals surface area contributed by atoms with Crippen LogP contribution in [0.25, 0.3) is 0 Å². The Morgan fingerprint density at radius 1 is 1.00 bits per heavy atom. The molecule has 2 fully saturated rings. The molecule has 5 rings (SSSR count). The standard InChI is InChI=1S/C23H29N5O/c1-15-24-21-6-4-5-20(21)22(25-15)27-11-17-13-28(14-18(17)12-27)23(29)16-7-9-19(10-8-16)26(2)3/h7-10,17-18H,4-6,11-14H2,1-3H3. The van der Waals surface area contributed by atoms with Gasteiger partial charge in [0.15, 0.2) is 0 Å². The van der Waals surface area contributed by atoms with Crippen LogP contribution in [0.1, 0.15) is 33.9 Å². The Bertz CT molecular complexity index is 925. The van der Waals surface area contributed by atoms with Crippen molar-refractivity contribution in [3.05, 3.63) is 46.9 Å². The summed E-state index contributed by atoms with van der Waals surface area (Å²) in [6.07, 6.45) is 3.38. The van der Waals surface area contributed by atoms with Crippen LogP contribution in [0, 0.1) is 18.8 Å². The van der Waals surface area contributed by atoms with Crippen molar-refractivity contribution >= 4 is 17.4 Å². The maximum atomic E-state index is 13.0. The number of hydrogen-bond acceptors (Lipinski definition) is 5. The zero-order valence-electron chi connectivity index (χ0n) is 17.6. The molecule has 0 bridgehead atoms. The number of likely N-dealkylation sites (tertiary alicyclic amines) is 1. The second-order valence-electron chi connectivity index (χ2n) is 8.95. The van der Waals surface area contributed by atoms with Gasteiger partial charge in [-0.1, -0.05) is 0 Å². The lowest BCUT2D eigenvalue weighted by Gasteiger charge is -2.24. The Kier molecular flexibility index (Phi) is 4.45. The summed E-state index contributed by atoms with van der Waals surface area (Å²) in [5, 5.41) is 0. The summed E-state index contributed by atoms with van der Waals surface area (Å²) in [6.45, 7) is 5.69. The number of aromatic nitrogens is 2. The molecular weight excluding hydrogens is 362 g/mol. The predicted octanol–water partition coefficient (Wildman–Crippen LogP) is 2.55. The van der Waals surface area contributed by atoms with E-state index in [1.54, 1.807) is 0 Å². The third-order valence-corrected chi connectivity index (χ3v) is 6.73. The number of amides is 1. The third-order valence-electron chi connectivity index (χ3n) is 6.73. The SMILES string of the molecule is Cc1nc2c(c(N3CC4CN(C(=O)c5ccc(N(C)C)cc5)CC4C3)n1)CCC2. The van der Waals surface area contributed by atoms with Crippen molar-refractivity contribution in [3.8, 4) is 0 Å². The van der Waals surface area contributed by atoms with Crippen LogP contribution in [0.2, 0.25) is 0 Å². The van der Waals surface area contributed by atoms with E-state index in [2.05, 4.69) is 14.8 Å². The lowest BCUT2D eigenvalue weighted by molar-refractivity contribution is 0.0782. The van der Waals surface area contributed by atoms with Crippen molar-refractivity contribution in [3.63, 3.8) is 0 Å². The summed E-state index contributed by atoms with van der Waals surface area (Å²) in [5.74, 6) is 3.28. The molecule has 2 unspecified atom stereocenters. The Morgan fingerprint density at radius 3 is 2.34 bits per heavy atom. The fourth-order valence-electron chi connectivity index (χ4n) is 5.21. The monoisotopic (exact) mass is 391 g/mol. The molecule has 3 heterocycles. The van der Waals surface area contributed by atoms with E-state index in [4.69, 9.17) is 4.98 Å². The van der Waals surface area contributed by atoms with Gasteiger partial charge in [0.05, 0.1) is 0 Å². The molecule has 2 aliphatic heterocycles. The minimum atomic E-state index is 0.162. The van der Waals surface area contributed by atoms with Crippen LogP contribution in [-0.4, -0.2) is 61.0 Å². The summed E-state index contributed by atoms with van der Waals surface area (Å²) in [7, 11) is 4.03. The average molecular weight is 392 g/mol. The smallest absolute Gasteiger partial charge is 0.253 e. The van der Waals surface area contributed by atoms with E-state index < -0.39 is 0 Å². The van der Waals surface area contributed by atoms with Crippen molar-refractivity contribution in [1.82, 2.24) is 14.9 Å². The van der Waals surface area contributed by atoms with Gasteiger partial charge < -0.3 is 14.7 Å². The fourth-order valence-corrected chi connectivity index (χ4v) is 5.21. The molecule has 0 N–H and O–H groups in total. The van der Waals surface area contributed by atoms with Gasteiger partial charge in [-0.2, -0.15) is 0 Å². The molecule has 1 aromatic carbocycles. The molecule has 0 radical (unpaired) electrons. The Labute approximate surface area is 172 Å². The van der Waals surface area contributed by atoms with Gasteiger partial charge in [0.2, 0.25) is 0 Å². The lowest BCUT2D eigenvalue weighted by atomic mass is 10.0. The molecule has 152 valence electrons. The van der Waals surface area contributed by atoms with Gasteiger partial charge in [-0.3, -0.25) is 4.79 Å². The van der Waals surface area contributed by atoms with E-state index in [0.29, 0.717) is 11.8 Å². The third kappa shape index (κ3) is 3.24. The maximum absolute atomic E-state index is 13.0. The minimum Gasteiger partial charge on any atom is -0.378 e. The average Bonchev–Trinajstić information content (AvgIpc) is 3.41. The molecule has 0 saturated carbocycles. The van der Waals surface area contributed by atoms with Crippen LogP contribution in [0.5, 0.6) is 0 Å². The Balaban J connectivity index is 1.27. The summed E-state index contributed by atoms with van der Waals surface area (Å²) >= 11 is 0. The van der Waals surface area contributed by atoms with Crippen molar-refractivity contribution in [1.29, 1.82) is 0 Å². The summed E-state index contributed by atoms with van der Waals surface area (Å²) in [4.78, 5) is 29.0. The highest BCUT2D eigenvalue weighted by Gasteiger charge is 2.43. The van der Waals surface area contributed by atoms with Crippen LogP contribution in [0.15, 0.2) is 24.3 Å². The van der Waals surface area contributed by atoms with Crippen molar-refractivity contribution in [2.75, 3.05) is 50.1 Å². The number of rotatable bonds is 3. The highest BCUT2D eigenvalue weighted by Crippen LogP contribution is 2.37. The topological polar surface area (TPSA) is 52.6 Å². The van der Waals surface area contributed by atoms with Crippen LogP contribution >= 0.6 is 0 Å². The number of anilines is 2. The zero-order valence-corrected chi connectivity index (χ0v) is 17.6. The molecule has 0 spiro atoms. The molecule has 2 atom stereocenters. The number of nitrogens with zero attached hydrogens (tertiary/aromatic N) is 5. The van der Waals surface area contributed by atoms with Crippen molar-refractivity contribution < 1.29 is 4.79 Å². The number of aryl methyl sites for hydroxylation is 2. The quantitative estimate of drug-likeness (QED) is 0.805. The number of benzene rings is 1. The van der Waals surface area contributed by atoms with Gasteiger partial charge >= 0.3 is 0 Å². The van der Waals surface area contributed by atoms with E-state index in [-0.39, 0.29) is 5.91 Å². The number of fused-ring (bicyclic) bond motifs is 2. The van der Waals surface area contributed by atoms with Crippen LogP contribution in [-0.2, 0) is 12.8 Å². The van der Waals surface area contributed by atoms with E-state index in [0.717, 1.165) is 61.9 Å². The first-order valence-corrected chi connectivity index (χ1v) is 10.7. The lowest BCUT2D eigenvalue weighted by Crippen LogP contribution is -2.34. The van der Waals surface area contributed by atoms with Gasteiger partial charge in [-0.15, -0.1) is 0 Å². The first-order valence-electron chi connectivity index (χ1n) is 10.7. The molecule has 1 amide bonds. The summed E-state index contributed by atoms with van der Waals surface area (Å²) < 4.78 is 0. The van der Waals surface area contributed by atoms with Crippen LogP contribution in [0.4, 0.5) is 11.5 Å².